The van der Waals surface area contributed by atoms with Gasteiger partial charge in [-0.15, -0.1) is 0 Å². The lowest BCUT2D eigenvalue weighted by Gasteiger charge is -2.21. The highest BCUT2D eigenvalue weighted by molar-refractivity contribution is 6.88. The van der Waals surface area contributed by atoms with Gasteiger partial charge in [0, 0.05) is 16.8 Å². The lowest BCUT2D eigenvalue weighted by atomic mass is 9.95. The Balaban J connectivity index is 2.63. The van der Waals surface area contributed by atoms with Crippen LogP contribution in [0, 0.1) is 18.8 Å². The van der Waals surface area contributed by atoms with Gasteiger partial charge in [-0.1, -0.05) is 59.5 Å². The van der Waals surface area contributed by atoms with E-state index in [1.807, 2.05) is 0 Å². The minimum Gasteiger partial charge on any atom is -0.201 e. The quantitative estimate of drug-likeness (QED) is 0.473. The topological polar surface area (TPSA) is 3.88 Å². The predicted octanol–water partition coefficient (Wildman–Crippen LogP) is 5.43. The van der Waals surface area contributed by atoms with Gasteiger partial charge in [0.1, 0.15) is 7.05 Å². The molecule has 0 aliphatic heterocycles. The predicted molar refractivity (Wildman–Crippen MR) is 118 cm³/mol. The molecular formula is C24H38NSi+. The summed E-state index contributed by atoms with van der Waals surface area (Å²) < 4.78 is 2.36. The van der Waals surface area contributed by atoms with Crippen molar-refractivity contribution in [3.05, 3.63) is 47.2 Å². The molecule has 0 amide bonds. The molecule has 2 aromatic rings. The van der Waals surface area contributed by atoms with E-state index < -0.39 is 8.07 Å². The molecule has 0 fully saturated rings. The zero-order valence-corrected chi connectivity index (χ0v) is 19.4. The molecule has 1 nitrogen and oxygen atoms in total. The zero-order chi connectivity index (χ0) is 19.6. The average Bonchev–Trinajstić information content (AvgIpc) is 2.49. The molecule has 142 valence electrons. The van der Waals surface area contributed by atoms with Gasteiger partial charge in [0.15, 0.2) is 6.20 Å². The molecule has 2 rings (SSSR count). The molecule has 1 aromatic carbocycles. The van der Waals surface area contributed by atoms with Crippen molar-refractivity contribution in [1.29, 1.82) is 0 Å². The van der Waals surface area contributed by atoms with Crippen LogP contribution >= 0.6 is 0 Å². The lowest BCUT2D eigenvalue weighted by Crippen LogP contribution is -2.47. The summed E-state index contributed by atoms with van der Waals surface area (Å²) in [7, 11) is 0.848. The van der Waals surface area contributed by atoms with Crippen LogP contribution in [0.1, 0.15) is 44.4 Å². The standard InChI is InChI=1S/C24H38NSi/c1-17(2)12-20-11-10-19(5)22(14-20)23-15-21(13-18(3)4)24(16-25(23)6)26(7,8)9/h10-11,14-18H,12-13H2,1-9H3/q+1. The summed E-state index contributed by atoms with van der Waals surface area (Å²) in [6, 6.07) is 9.49. The summed E-state index contributed by atoms with van der Waals surface area (Å²) in [5.74, 6) is 1.36. The lowest BCUT2D eigenvalue weighted by molar-refractivity contribution is -0.659. The van der Waals surface area contributed by atoms with Crippen LogP contribution in [0.4, 0.5) is 0 Å². The van der Waals surface area contributed by atoms with Crippen LogP contribution in [0.15, 0.2) is 30.5 Å². The van der Waals surface area contributed by atoms with Crippen LogP contribution in [0.25, 0.3) is 11.3 Å². The molecule has 0 bridgehead atoms. The van der Waals surface area contributed by atoms with E-state index in [2.05, 4.69) is 96.3 Å². The highest BCUT2D eigenvalue weighted by Crippen LogP contribution is 2.25. The highest BCUT2D eigenvalue weighted by Gasteiger charge is 2.26. The summed E-state index contributed by atoms with van der Waals surface area (Å²) in [5, 5.41) is 1.61. The first-order chi connectivity index (χ1) is 12.0. The first kappa shape index (κ1) is 20.9. The minimum atomic E-state index is -1.37. The summed E-state index contributed by atoms with van der Waals surface area (Å²) in [6.07, 6.45) is 4.73. The first-order valence-corrected chi connectivity index (χ1v) is 13.6. The number of nitrogens with zero attached hydrogens (tertiary/aromatic N) is 1. The van der Waals surface area contributed by atoms with E-state index in [0.29, 0.717) is 11.8 Å². The Morgan fingerprint density at radius 3 is 2.08 bits per heavy atom. The zero-order valence-electron chi connectivity index (χ0n) is 18.4. The van der Waals surface area contributed by atoms with Gasteiger partial charge in [0.2, 0.25) is 5.69 Å². The Hall–Kier alpha value is -1.41. The molecule has 0 N–H and O–H groups in total. The Bertz CT molecular complexity index is 767. The van der Waals surface area contributed by atoms with Crippen molar-refractivity contribution in [1.82, 2.24) is 0 Å². The van der Waals surface area contributed by atoms with Crippen LogP contribution in [-0.4, -0.2) is 8.07 Å². The summed E-state index contributed by atoms with van der Waals surface area (Å²) in [5.41, 5.74) is 7.11. The van der Waals surface area contributed by atoms with E-state index in [0.717, 1.165) is 12.8 Å². The van der Waals surface area contributed by atoms with Gasteiger partial charge in [0.05, 0.1) is 8.07 Å². The number of aromatic nitrogens is 1. The number of aryl methyl sites for hydroxylation is 2. The van der Waals surface area contributed by atoms with Gasteiger partial charge < -0.3 is 0 Å². The molecule has 0 atom stereocenters. The largest absolute Gasteiger partial charge is 0.212 e. The molecule has 0 aliphatic carbocycles. The SMILES string of the molecule is Cc1ccc(CC(C)C)cc1-c1cc(CC(C)C)c([Si](C)(C)C)c[n+]1C. The van der Waals surface area contributed by atoms with Gasteiger partial charge in [-0.3, -0.25) is 0 Å². The van der Waals surface area contributed by atoms with Crippen LogP contribution < -0.4 is 9.75 Å². The summed E-state index contributed by atoms with van der Waals surface area (Å²) in [6.45, 7) is 18.9. The molecule has 26 heavy (non-hydrogen) atoms. The molecule has 0 saturated heterocycles. The number of rotatable bonds is 6. The molecule has 0 unspecified atom stereocenters. The third kappa shape index (κ3) is 5.06. The monoisotopic (exact) mass is 368 g/mol. The minimum absolute atomic E-state index is 0.680. The fourth-order valence-electron chi connectivity index (χ4n) is 3.79. The summed E-state index contributed by atoms with van der Waals surface area (Å²) >= 11 is 0. The Morgan fingerprint density at radius 2 is 1.54 bits per heavy atom. The maximum Gasteiger partial charge on any atom is 0.212 e. The van der Waals surface area contributed by atoms with Crippen LogP contribution in [0.2, 0.25) is 19.6 Å². The van der Waals surface area contributed by atoms with Crippen LogP contribution in [-0.2, 0) is 19.9 Å². The van der Waals surface area contributed by atoms with Crippen molar-refractivity contribution in [3.8, 4) is 11.3 Å². The van der Waals surface area contributed by atoms with E-state index in [9.17, 15) is 0 Å². The average molecular weight is 369 g/mol. The number of benzene rings is 1. The van der Waals surface area contributed by atoms with E-state index in [4.69, 9.17) is 0 Å². The first-order valence-electron chi connectivity index (χ1n) is 10.1. The number of hydrogen-bond donors (Lipinski definition) is 0. The fraction of sp³-hybridized carbons (Fsp3) is 0.542. The van der Waals surface area contributed by atoms with Crippen molar-refractivity contribution >= 4 is 13.3 Å². The third-order valence-electron chi connectivity index (χ3n) is 5.02. The van der Waals surface area contributed by atoms with Crippen molar-refractivity contribution < 1.29 is 4.57 Å². The van der Waals surface area contributed by atoms with Crippen molar-refractivity contribution in [2.24, 2.45) is 18.9 Å². The molecule has 1 aromatic heterocycles. The van der Waals surface area contributed by atoms with Crippen molar-refractivity contribution in [2.75, 3.05) is 0 Å². The summed E-state index contributed by atoms with van der Waals surface area (Å²) in [4.78, 5) is 0. The van der Waals surface area contributed by atoms with Gasteiger partial charge in [-0.25, -0.2) is 4.57 Å². The van der Waals surface area contributed by atoms with E-state index in [1.165, 1.54) is 22.4 Å². The second-order valence-corrected chi connectivity index (χ2v) is 14.8. The van der Waals surface area contributed by atoms with E-state index in [1.54, 1.807) is 10.8 Å². The Labute approximate surface area is 162 Å². The fourth-order valence-corrected chi connectivity index (χ4v) is 5.50. The normalized spacial score (nSPS) is 12.3. The molecule has 0 saturated carbocycles. The van der Waals surface area contributed by atoms with Crippen molar-refractivity contribution in [3.63, 3.8) is 0 Å². The molecular weight excluding hydrogens is 330 g/mol. The Kier molecular flexibility index (Phi) is 6.49. The van der Waals surface area contributed by atoms with Gasteiger partial charge in [-0.05, 0) is 54.4 Å². The molecule has 0 spiro atoms. The Morgan fingerprint density at radius 1 is 0.923 bits per heavy atom. The maximum absolute atomic E-state index is 2.48. The second kappa shape index (κ2) is 8.08. The van der Waals surface area contributed by atoms with Crippen LogP contribution in [0.5, 0.6) is 0 Å². The van der Waals surface area contributed by atoms with Crippen LogP contribution in [0.3, 0.4) is 0 Å². The number of pyridine rings is 1. The molecule has 0 radical (unpaired) electrons. The molecule has 1 heterocycles. The van der Waals surface area contributed by atoms with Gasteiger partial charge in [-0.2, -0.15) is 0 Å². The highest BCUT2D eigenvalue weighted by atomic mass is 28.3. The molecule has 2 heteroatoms. The molecule has 0 aliphatic rings. The van der Waals surface area contributed by atoms with Gasteiger partial charge in [0.25, 0.3) is 0 Å². The van der Waals surface area contributed by atoms with Crippen molar-refractivity contribution in [2.45, 2.75) is 67.1 Å². The van der Waals surface area contributed by atoms with E-state index >= 15 is 0 Å². The van der Waals surface area contributed by atoms with E-state index in [-0.39, 0.29) is 0 Å². The van der Waals surface area contributed by atoms with Gasteiger partial charge >= 0.3 is 0 Å². The second-order valence-electron chi connectivity index (χ2n) is 9.80. The number of hydrogen-bond acceptors (Lipinski definition) is 0. The third-order valence-corrected chi connectivity index (χ3v) is 7.08. The smallest absolute Gasteiger partial charge is 0.201 e. The maximum atomic E-state index is 2.48.